The van der Waals surface area contributed by atoms with E-state index in [4.69, 9.17) is 5.73 Å². The van der Waals surface area contributed by atoms with E-state index in [2.05, 4.69) is 5.32 Å². The Balaban J connectivity index is 1.86. The lowest BCUT2D eigenvalue weighted by Gasteiger charge is -2.06. The summed E-state index contributed by atoms with van der Waals surface area (Å²) in [5, 5.41) is 4.69. The lowest BCUT2D eigenvalue weighted by atomic mass is 10.1. The van der Waals surface area contributed by atoms with E-state index in [1.807, 2.05) is 6.92 Å². The first kappa shape index (κ1) is 12.0. The number of hydrogen-bond donors (Lipinski definition) is 2. The average molecular weight is 264 g/mol. The first-order valence-corrected chi connectivity index (χ1v) is 7.71. The molecule has 0 atom stereocenters. The van der Waals surface area contributed by atoms with Crippen LogP contribution >= 0.6 is 11.3 Å². The minimum atomic E-state index is 0.180. The van der Waals surface area contributed by atoms with Crippen molar-refractivity contribution in [2.45, 2.75) is 44.9 Å². The number of carbonyl (C=O) groups excluding carboxylic acids is 1. The van der Waals surface area contributed by atoms with Gasteiger partial charge in [-0.25, -0.2) is 0 Å². The van der Waals surface area contributed by atoms with Crippen LogP contribution in [0.15, 0.2) is 0 Å². The highest BCUT2D eigenvalue weighted by atomic mass is 32.1. The second-order valence-electron chi connectivity index (χ2n) is 5.46. The van der Waals surface area contributed by atoms with Gasteiger partial charge in [-0.2, -0.15) is 0 Å². The molecule has 18 heavy (non-hydrogen) atoms. The molecule has 0 aliphatic heterocycles. The van der Waals surface area contributed by atoms with E-state index in [0.717, 1.165) is 23.0 Å². The van der Waals surface area contributed by atoms with Crippen molar-refractivity contribution in [1.29, 1.82) is 0 Å². The summed E-state index contributed by atoms with van der Waals surface area (Å²) >= 11 is 1.57. The highest BCUT2D eigenvalue weighted by molar-refractivity contribution is 7.18. The van der Waals surface area contributed by atoms with Crippen LogP contribution in [0.4, 0.5) is 10.7 Å². The topological polar surface area (TPSA) is 55.1 Å². The quantitative estimate of drug-likeness (QED) is 0.771. The fraction of sp³-hybridized carbons (Fsp3) is 0.643. The fourth-order valence-corrected chi connectivity index (χ4v) is 3.52. The molecule has 0 saturated heterocycles. The van der Waals surface area contributed by atoms with Gasteiger partial charge in [0, 0.05) is 18.5 Å². The highest BCUT2D eigenvalue weighted by Gasteiger charge is 2.33. The van der Waals surface area contributed by atoms with Crippen LogP contribution in [0.5, 0.6) is 0 Å². The Labute approximate surface area is 112 Å². The van der Waals surface area contributed by atoms with Crippen molar-refractivity contribution in [2.75, 3.05) is 17.6 Å². The van der Waals surface area contributed by atoms with Crippen molar-refractivity contribution >= 4 is 27.8 Å². The third-order valence-electron chi connectivity index (χ3n) is 3.79. The number of anilines is 2. The van der Waals surface area contributed by atoms with E-state index in [1.165, 1.54) is 36.2 Å². The van der Waals surface area contributed by atoms with E-state index >= 15 is 0 Å². The molecule has 0 radical (unpaired) electrons. The molecular formula is C14H20N2OS. The van der Waals surface area contributed by atoms with E-state index in [-0.39, 0.29) is 5.78 Å². The predicted molar refractivity (Wildman–Crippen MR) is 76.5 cm³/mol. The summed E-state index contributed by atoms with van der Waals surface area (Å²) in [6.45, 7) is 2.94. The third-order valence-corrected chi connectivity index (χ3v) is 5.01. The fourth-order valence-electron chi connectivity index (χ4n) is 2.29. The maximum absolute atomic E-state index is 11.9. The molecule has 2 aliphatic rings. The molecule has 1 aromatic rings. The van der Waals surface area contributed by atoms with Gasteiger partial charge in [0.15, 0.2) is 5.78 Å². The molecule has 2 saturated carbocycles. The summed E-state index contributed by atoms with van der Waals surface area (Å²) in [5.74, 6) is 1.62. The number of nitrogens with two attached hydrogens (primary N) is 1. The second kappa shape index (κ2) is 4.57. The zero-order valence-corrected chi connectivity index (χ0v) is 11.6. The van der Waals surface area contributed by atoms with Crippen LogP contribution in [0.1, 0.15) is 60.2 Å². The van der Waals surface area contributed by atoms with Gasteiger partial charge in [0.2, 0.25) is 0 Å². The molecule has 0 amide bonds. The van der Waals surface area contributed by atoms with Gasteiger partial charge in [0.05, 0.1) is 15.6 Å². The van der Waals surface area contributed by atoms with Crippen molar-refractivity contribution in [3.05, 3.63) is 10.4 Å². The van der Waals surface area contributed by atoms with Gasteiger partial charge in [-0.05, 0) is 37.5 Å². The lowest BCUT2D eigenvalue weighted by Crippen LogP contribution is -2.04. The Morgan fingerprint density at radius 2 is 2.11 bits per heavy atom. The van der Waals surface area contributed by atoms with E-state index in [0.29, 0.717) is 12.3 Å². The average Bonchev–Trinajstić information content (AvgIpc) is 3.25. The molecule has 0 aromatic carbocycles. The molecule has 4 heteroatoms. The molecule has 2 aliphatic carbocycles. The Bertz CT molecular complexity index is 472. The van der Waals surface area contributed by atoms with Crippen molar-refractivity contribution < 1.29 is 4.79 Å². The normalized spacial score (nSPS) is 18.9. The largest absolute Gasteiger partial charge is 0.397 e. The predicted octanol–water partition coefficient (Wildman–Crippen LogP) is 3.62. The minimum absolute atomic E-state index is 0.180. The summed E-state index contributed by atoms with van der Waals surface area (Å²) in [6.07, 6.45) is 5.66. The van der Waals surface area contributed by atoms with E-state index in [9.17, 15) is 4.79 Å². The number of carbonyl (C=O) groups is 1. The molecule has 3 nitrogen and oxygen atoms in total. The Morgan fingerprint density at radius 1 is 1.39 bits per heavy atom. The van der Waals surface area contributed by atoms with Gasteiger partial charge in [-0.15, -0.1) is 11.3 Å². The monoisotopic (exact) mass is 264 g/mol. The van der Waals surface area contributed by atoms with Crippen LogP contribution < -0.4 is 11.1 Å². The molecule has 2 fully saturated rings. The molecule has 98 valence electrons. The standard InChI is InChI=1S/C14H20N2OS/c1-2-10(17)13-12(15)11(9-5-6-9)14(18-13)16-7-8-3-4-8/h8-9,16H,2-7,15H2,1H3. The van der Waals surface area contributed by atoms with Gasteiger partial charge in [-0.1, -0.05) is 6.92 Å². The number of rotatable bonds is 6. The van der Waals surface area contributed by atoms with Crippen LogP contribution in [0.3, 0.4) is 0 Å². The smallest absolute Gasteiger partial charge is 0.174 e. The number of thiophene rings is 1. The van der Waals surface area contributed by atoms with Gasteiger partial charge < -0.3 is 11.1 Å². The molecular weight excluding hydrogens is 244 g/mol. The summed E-state index contributed by atoms with van der Waals surface area (Å²) < 4.78 is 0. The van der Waals surface area contributed by atoms with Crippen molar-refractivity contribution in [3.63, 3.8) is 0 Å². The van der Waals surface area contributed by atoms with Crippen molar-refractivity contribution in [2.24, 2.45) is 5.92 Å². The molecule has 0 spiro atoms. The lowest BCUT2D eigenvalue weighted by molar-refractivity contribution is 0.0993. The number of nitrogen functional groups attached to an aromatic ring is 1. The van der Waals surface area contributed by atoms with Crippen LogP contribution in [0.2, 0.25) is 0 Å². The van der Waals surface area contributed by atoms with Crippen LogP contribution in [0.25, 0.3) is 0 Å². The highest BCUT2D eigenvalue weighted by Crippen LogP contribution is 2.51. The van der Waals surface area contributed by atoms with Crippen molar-refractivity contribution in [3.8, 4) is 0 Å². The second-order valence-corrected chi connectivity index (χ2v) is 6.48. The van der Waals surface area contributed by atoms with Gasteiger partial charge in [0.1, 0.15) is 0 Å². The summed E-state index contributed by atoms with van der Waals surface area (Å²) in [7, 11) is 0. The third kappa shape index (κ3) is 2.26. The molecule has 3 N–H and O–H groups in total. The van der Waals surface area contributed by atoms with Gasteiger partial charge >= 0.3 is 0 Å². The number of Topliss-reactive ketones (excluding diaryl/α,β-unsaturated/α-hetero) is 1. The number of ketones is 1. The first-order valence-electron chi connectivity index (χ1n) is 6.90. The molecule has 0 bridgehead atoms. The molecule has 0 unspecified atom stereocenters. The SMILES string of the molecule is CCC(=O)c1sc(NCC2CC2)c(C2CC2)c1N. The molecule has 3 rings (SSSR count). The Kier molecular flexibility index (Phi) is 3.06. The molecule has 1 aromatic heterocycles. The van der Waals surface area contributed by atoms with Crippen LogP contribution in [-0.2, 0) is 0 Å². The zero-order valence-electron chi connectivity index (χ0n) is 10.8. The van der Waals surface area contributed by atoms with Gasteiger partial charge in [0.25, 0.3) is 0 Å². The minimum Gasteiger partial charge on any atom is -0.397 e. The maximum Gasteiger partial charge on any atom is 0.174 e. The number of hydrogen-bond acceptors (Lipinski definition) is 4. The van der Waals surface area contributed by atoms with Gasteiger partial charge in [-0.3, -0.25) is 4.79 Å². The Hall–Kier alpha value is -1.03. The van der Waals surface area contributed by atoms with Crippen LogP contribution in [-0.4, -0.2) is 12.3 Å². The zero-order chi connectivity index (χ0) is 12.7. The van der Waals surface area contributed by atoms with E-state index in [1.54, 1.807) is 11.3 Å². The summed E-state index contributed by atoms with van der Waals surface area (Å²) in [5.41, 5.74) is 8.18. The maximum atomic E-state index is 11.9. The summed E-state index contributed by atoms with van der Waals surface area (Å²) in [6, 6.07) is 0. The first-order chi connectivity index (χ1) is 8.70. The number of nitrogens with one attached hydrogen (secondary N) is 1. The Morgan fingerprint density at radius 3 is 2.67 bits per heavy atom. The van der Waals surface area contributed by atoms with Crippen LogP contribution in [0, 0.1) is 5.92 Å². The summed E-state index contributed by atoms with van der Waals surface area (Å²) in [4.78, 5) is 12.7. The van der Waals surface area contributed by atoms with E-state index < -0.39 is 0 Å². The molecule has 1 heterocycles. The van der Waals surface area contributed by atoms with Crippen molar-refractivity contribution in [1.82, 2.24) is 0 Å².